The van der Waals surface area contributed by atoms with Crippen molar-refractivity contribution in [2.24, 2.45) is 0 Å². The van der Waals surface area contributed by atoms with Gasteiger partial charge in [-0.3, -0.25) is 0 Å². The highest BCUT2D eigenvalue weighted by Gasteiger charge is 1.63. The van der Waals surface area contributed by atoms with Gasteiger partial charge in [0.1, 0.15) is 0 Å². The molecule has 0 saturated heterocycles. The van der Waals surface area contributed by atoms with Crippen LogP contribution in [0.3, 0.4) is 0 Å². The minimum Gasteiger partial charge on any atom is -0.0925 e. The van der Waals surface area contributed by atoms with E-state index in [-0.39, 0.29) is 0 Å². The summed E-state index contributed by atoms with van der Waals surface area (Å²) in [6.07, 6.45) is 0. The van der Waals surface area contributed by atoms with Crippen LogP contribution in [0.4, 0.5) is 0 Å². The van der Waals surface area contributed by atoms with Crippen LogP contribution in [0.5, 0.6) is 0 Å². The Morgan fingerprint density at radius 1 is 0.0938 bits per heavy atom. The van der Waals surface area contributed by atoms with Crippen molar-refractivity contribution in [3.05, 3.63) is 0 Å². The molecule has 0 aromatic rings. The molecular weight excluding hydrogens is 769 g/mol. The van der Waals surface area contributed by atoms with Crippen molar-refractivity contribution in [1.82, 2.24) is 0 Å². The molecule has 0 aromatic carbocycles. The minimum atomic E-state index is 1.69. The van der Waals surface area contributed by atoms with Crippen molar-refractivity contribution in [1.29, 1.82) is 0 Å². The molecule has 0 rings (SSSR count). The van der Waals surface area contributed by atoms with Crippen LogP contribution in [0.15, 0.2) is 0 Å². The number of hydrogen-bond donors (Lipinski definition) is 0. The zero-order chi connectivity index (χ0) is 47.0. The van der Waals surface area contributed by atoms with Gasteiger partial charge in [-0.25, -0.2) is 0 Å². The predicted octanol–water partition coefficient (Wildman–Crippen LogP) is 3.18. The zero-order valence-corrected chi connectivity index (χ0v) is 35.0. The smallest absolute Gasteiger partial charge is 0 e. The van der Waals surface area contributed by atoms with Crippen LogP contribution >= 0.6 is 0 Å². The first-order chi connectivity index (χ1) is 31.9. The number of rotatable bonds is 0. The monoisotopic (exact) mass is 786 g/mol. The predicted molar refractivity (Wildman–Crippen MR) is 260 cm³/mol. The fraction of sp³-hybridized carbons (Fsp3) is 0.0938. The molecule has 0 amide bonds. The highest BCUT2D eigenvalue weighted by Crippen LogP contribution is 1.63. The third-order valence-electron chi connectivity index (χ3n) is 3.69. The van der Waals surface area contributed by atoms with Gasteiger partial charge in [0.25, 0.3) is 0 Å². The van der Waals surface area contributed by atoms with E-state index in [4.69, 9.17) is 0 Å². The highest BCUT2D eigenvalue weighted by molar-refractivity contribution is 5.51. The fourth-order valence-electron chi connectivity index (χ4n) is 1.81. The Bertz CT molecular complexity index is 3520. The van der Waals surface area contributed by atoms with E-state index in [0.717, 1.165) is 0 Å². The second kappa shape index (κ2) is 59.5. The Kier molecular flexibility index (Phi) is 51.7. The van der Waals surface area contributed by atoms with Crippen molar-refractivity contribution < 1.29 is 0 Å². The van der Waals surface area contributed by atoms with Crippen LogP contribution in [0.25, 0.3) is 0 Å². The summed E-state index contributed by atoms with van der Waals surface area (Å²) in [5, 5.41) is 0. The highest BCUT2D eigenvalue weighted by atomic mass is 13.6. The lowest BCUT2D eigenvalue weighted by Gasteiger charge is -1.57. The molecule has 0 aliphatic rings. The van der Waals surface area contributed by atoms with E-state index in [2.05, 4.69) is 343 Å². The van der Waals surface area contributed by atoms with E-state index in [1.807, 2.05) is 27.7 Å². The molecule has 0 aliphatic carbocycles. The summed E-state index contributed by atoms with van der Waals surface area (Å²) in [5.74, 6) is 146. The first-order valence-corrected chi connectivity index (χ1v) is 17.2. The maximum atomic E-state index is 2.63. The Labute approximate surface area is 383 Å². The van der Waals surface area contributed by atoms with E-state index in [9.17, 15) is 0 Å². The van der Waals surface area contributed by atoms with Gasteiger partial charge in [-0.15, -0.1) is 0 Å². The minimum absolute atomic E-state index is 1.69. The van der Waals surface area contributed by atoms with Crippen molar-refractivity contribution in [2.75, 3.05) is 0 Å². The first kappa shape index (κ1) is 55.6. The summed E-state index contributed by atoms with van der Waals surface area (Å²) >= 11 is 0. The molecule has 0 bridgehead atoms. The molecule has 274 valence electrons. The second-order valence-electron chi connectivity index (χ2n) is 7.50. The van der Waals surface area contributed by atoms with Gasteiger partial charge in [0.2, 0.25) is 0 Å². The van der Waals surface area contributed by atoms with Crippen LogP contribution in [0, 0.1) is 343 Å². The van der Waals surface area contributed by atoms with Crippen LogP contribution in [-0.2, 0) is 0 Å². The average Bonchev–Trinajstić information content (AvgIpc) is 3.32. The molecule has 0 heterocycles. The SMILES string of the molecule is CC.CC.CC#CC#CC#CC#CC#CC#CC#CC#CC#CC#CC#CC#CC#CC#CC#CC#CC#CC#CC#CC#CC#CC#CC#CC#CC#CC#CC#CC#CC#CC. The van der Waals surface area contributed by atoms with Gasteiger partial charge in [-0.1, -0.05) is 39.5 Å². The van der Waals surface area contributed by atoms with Gasteiger partial charge in [0.05, 0.1) is 0 Å². The van der Waals surface area contributed by atoms with Gasteiger partial charge < -0.3 is 0 Å². The van der Waals surface area contributed by atoms with Crippen molar-refractivity contribution in [2.45, 2.75) is 41.5 Å². The maximum Gasteiger partial charge on any atom is 0 e. The van der Waals surface area contributed by atoms with Crippen molar-refractivity contribution in [3.8, 4) is 343 Å². The quantitative estimate of drug-likeness (QED) is 0.332. The van der Waals surface area contributed by atoms with Crippen molar-refractivity contribution in [3.63, 3.8) is 0 Å². The summed E-state index contributed by atoms with van der Waals surface area (Å²) in [5.41, 5.74) is 0. The summed E-state index contributed by atoms with van der Waals surface area (Å²) in [4.78, 5) is 0. The Morgan fingerprint density at radius 3 is 0.188 bits per heavy atom. The van der Waals surface area contributed by atoms with Crippen LogP contribution in [-0.4, -0.2) is 0 Å². The molecule has 0 aromatic heterocycles. The summed E-state index contributed by atoms with van der Waals surface area (Å²) in [7, 11) is 0. The van der Waals surface area contributed by atoms with Gasteiger partial charge in [-0.2, -0.15) is 0 Å². The van der Waals surface area contributed by atoms with Gasteiger partial charge >= 0.3 is 0 Å². The molecular formula is C64H18. The van der Waals surface area contributed by atoms with Crippen molar-refractivity contribution >= 4 is 0 Å². The maximum absolute atomic E-state index is 2.63. The Hall–Kier alpha value is -12.8. The largest absolute Gasteiger partial charge is 0.0925 e. The lowest BCUT2D eigenvalue weighted by molar-refractivity contribution is 1.50. The summed E-state index contributed by atoms with van der Waals surface area (Å²) in [6.45, 7) is 11.4. The van der Waals surface area contributed by atoms with E-state index in [0.29, 0.717) is 0 Å². The van der Waals surface area contributed by atoms with E-state index < -0.39 is 0 Å². The van der Waals surface area contributed by atoms with E-state index >= 15 is 0 Å². The van der Waals surface area contributed by atoms with Crippen LogP contribution in [0.1, 0.15) is 41.5 Å². The fourth-order valence-corrected chi connectivity index (χ4v) is 1.81. The molecule has 0 fully saturated rings. The lowest BCUT2D eigenvalue weighted by atomic mass is 10.4. The van der Waals surface area contributed by atoms with Crippen LogP contribution < -0.4 is 0 Å². The molecule has 0 spiro atoms. The van der Waals surface area contributed by atoms with Crippen LogP contribution in [0.2, 0.25) is 0 Å². The topological polar surface area (TPSA) is 0 Å². The normalized spacial score (nSPS) is 3.91. The number of hydrogen-bond acceptors (Lipinski definition) is 0. The third-order valence-corrected chi connectivity index (χ3v) is 3.69. The molecule has 0 atom stereocenters. The molecule has 0 saturated carbocycles. The third kappa shape index (κ3) is 58.5. The van der Waals surface area contributed by atoms with E-state index in [1.54, 1.807) is 13.8 Å². The van der Waals surface area contributed by atoms with Gasteiger partial charge in [0, 0.05) is 237 Å². The van der Waals surface area contributed by atoms with Gasteiger partial charge in [-0.05, 0) is 109 Å². The zero-order valence-electron chi connectivity index (χ0n) is 35.0. The molecule has 0 nitrogen and oxygen atoms in total. The first-order valence-electron chi connectivity index (χ1n) is 17.2. The standard InChI is InChI=1S/C60H6.2C2H6/c1-3-5-7-9-11-13-15-17-19-21-23-25-27-29-31-33-35-37-39-41-43-45-47-49-51-53-55-57-59-60-58-56-54-52-50-48-46-44-42-40-38-36-34-32-30-28-26-24-22-20-18-16-14-12-10-8-6-4-2;2*1-2/h1-2H3;2*1-2H3. The summed E-state index contributed by atoms with van der Waals surface area (Å²) < 4.78 is 0. The molecule has 64 heavy (non-hydrogen) atoms. The average molecular weight is 787 g/mol. The molecule has 0 N–H and O–H groups in total. The molecule has 0 radical (unpaired) electrons. The van der Waals surface area contributed by atoms with Gasteiger partial charge in [0.15, 0.2) is 0 Å². The lowest BCUT2D eigenvalue weighted by Crippen LogP contribution is -1.57. The van der Waals surface area contributed by atoms with E-state index in [1.165, 1.54) is 0 Å². The molecule has 0 aliphatic heterocycles. The molecule has 0 unspecified atom stereocenters. The Morgan fingerprint density at radius 2 is 0.141 bits per heavy atom. The second-order valence-corrected chi connectivity index (χ2v) is 7.50. The summed E-state index contributed by atoms with van der Waals surface area (Å²) in [6, 6.07) is 0. The molecule has 0 heteroatoms. The Balaban J connectivity index is -0.00000902.